The molecule has 0 aromatic carbocycles. The van der Waals surface area contributed by atoms with Crippen LogP contribution in [0.4, 0.5) is 0 Å². The second kappa shape index (κ2) is 6.10. The van der Waals surface area contributed by atoms with E-state index in [9.17, 15) is 0 Å². The summed E-state index contributed by atoms with van der Waals surface area (Å²) in [5.74, 6) is 0.658. The molecule has 0 spiro atoms. The molecule has 4 heterocycles. The van der Waals surface area contributed by atoms with Crippen LogP contribution in [0.3, 0.4) is 0 Å². The van der Waals surface area contributed by atoms with Crippen molar-refractivity contribution in [2.45, 2.75) is 31.6 Å². The first-order chi connectivity index (χ1) is 10.9. The predicted octanol–water partition coefficient (Wildman–Crippen LogP) is 2.22. The average Bonchev–Trinajstić information content (AvgIpc) is 3.00. The van der Waals surface area contributed by atoms with Gasteiger partial charge in [-0.1, -0.05) is 6.07 Å². The molecule has 2 fully saturated rings. The van der Waals surface area contributed by atoms with E-state index < -0.39 is 0 Å². The number of hydrogen-bond acceptors (Lipinski definition) is 5. The highest BCUT2D eigenvalue weighted by Gasteiger charge is 2.39. The quantitative estimate of drug-likeness (QED) is 0.869. The SMILES string of the molecule is c1cncc(CN2CC[C@@H]3C[C@H](c4ccncn4)O[C@H]3C2)c1. The van der Waals surface area contributed by atoms with Crippen molar-refractivity contribution in [1.82, 2.24) is 19.9 Å². The normalized spacial score (nSPS) is 28.5. The van der Waals surface area contributed by atoms with Gasteiger partial charge in [-0.05, 0) is 43.0 Å². The fourth-order valence-corrected chi connectivity index (χ4v) is 3.57. The lowest BCUT2D eigenvalue weighted by Crippen LogP contribution is -2.41. The molecule has 4 rings (SSSR count). The second-order valence-electron chi connectivity index (χ2n) is 6.18. The van der Waals surface area contributed by atoms with Crippen LogP contribution < -0.4 is 0 Å². The van der Waals surface area contributed by atoms with Crippen LogP contribution in [0.1, 0.15) is 30.2 Å². The van der Waals surface area contributed by atoms with Gasteiger partial charge in [0.1, 0.15) is 12.4 Å². The molecule has 5 heteroatoms. The Morgan fingerprint density at radius 1 is 1.23 bits per heavy atom. The third-order valence-corrected chi connectivity index (χ3v) is 4.70. The highest BCUT2D eigenvalue weighted by atomic mass is 16.5. The number of piperidine rings is 1. The van der Waals surface area contributed by atoms with E-state index in [0.29, 0.717) is 12.0 Å². The minimum Gasteiger partial charge on any atom is -0.367 e. The van der Waals surface area contributed by atoms with Crippen molar-refractivity contribution >= 4 is 0 Å². The summed E-state index contributed by atoms with van der Waals surface area (Å²) < 4.78 is 6.27. The van der Waals surface area contributed by atoms with Crippen molar-refractivity contribution in [1.29, 1.82) is 0 Å². The maximum absolute atomic E-state index is 6.27. The fraction of sp³-hybridized carbons (Fsp3) is 0.471. The maximum Gasteiger partial charge on any atom is 0.115 e. The molecule has 2 aliphatic heterocycles. The topological polar surface area (TPSA) is 51.1 Å². The van der Waals surface area contributed by atoms with Crippen LogP contribution >= 0.6 is 0 Å². The molecule has 0 amide bonds. The number of ether oxygens (including phenoxy) is 1. The number of fused-ring (bicyclic) bond motifs is 1. The summed E-state index contributed by atoms with van der Waals surface area (Å²) in [6.45, 7) is 3.09. The van der Waals surface area contributed by atoms with Gasteiger partial charge in [0.15, 0.2) is 0 Å². The summed E-state index contributed by atoms with van der Waals surface area (Å²) in [7, 11) is 0. The van der Waals surface area contributed by atoms with E-state index in [1.54, 1.807) is 12.5 Å². The first kappa shape index (κ1) is 13.8. The van der Waals surface area contributed by atoms with Gasteiger partial charge in [0.05, 0.1) is 11.8 Å². The molecule has 2 aromatic rings. The predicted molar refractivity (Wildman–Crippen MR) is 81.9 cm³/mol. The largest absolute Gasteiger partial charge is 0.367 e. The Kier molecular flexibility index (Phi) is 3.83. The number of hydrogen-bond donors (Lipinski definition) is 0. The molecule has 22 heavy (non-hydrogen) atoms. The third-order valence-electron chi connectivity index (χ3n) is 4.70. The van der Waals surface area contributed by atoms with Crippen LogP contribution in [0, 0.1) is 5.92 Å². The van der Waals surface area contributed by atoms with Crippen LogP contribution in [0.2, 0.25) is 0 Å². The summed E-state index contributed by atoms with van der Waals surface area (Å²) >= 11 is 0. The summed E-state index contributed by atoms with van der Waals surface area (Å²) in [6, 6.07) is 6.10. The Labute approximate surface area is 130 Å². The molecular weight excluding hydrogens is 276 g/mol. The highest BCUT2D eigenvalue weighted by molar-refractivity contribution is 5.09. The van der Waals surface area contributed by atoms with Gasteiger partial charge >= 0.3 is 0 Å². The first-order valence-corrected chi connectivity index (χ1v) is 7.91. The lowest BCUT2D eigenvalue weighted by Gasteiger charge is -2.33. The minimum atomic E-state index is 0.136. The Hall–Kier alpha value is -1.85. The molecule has 5 nitrogen and oxygen atoms in total. The average molecular weight is 296 g/mol. The van der Waals surface area contributed by atoms with Gasteiger partial charge in [-0.2, -0.15) is 0 Å². The van der Waals surface area contributed by atoms with Crippen LogP contribution in [-0.4, -0.2) is 39.0 Å². The van der Waals surface area contributed by atoms with Crippen molar-refractivity contribution in [3.8, 4) is 0 Å². The summed E-state index contributed by atoms with van der Waals surface area (Å²) in [5.41, 5.74) is 2.29. The lowest BCUT2D eigenvalue weighted by atomic mass is 9.91. The maximum atomic E-state index is 6.27. The lowest BCUT2D eigenvalue weighted by molar-refractivity contribution is -0.0107. The van der Waals surface area contributed by atoms with Gasteiger partial charge in [-0.15, -0.1) is 0 Å². The molecule has 2 aliphatic rings. The van der Waals surface area contributed by atoms with Gasteiger partial charge in [0.2, 0.25) is 0 Å². The number of rotatable bonds is 3. The second-order valence-corrected chi connectivity index (χ2v) is 6.18. The third kappa shape index (κ3) is 2.87. The van der Waals surface area contributed by atoms with Crippen LogP contribution in [0.25, 0.3) is 0 Å². The fourth-order valence-electron chi connectivity index (χ4n) is 3.57. The smallest absolute Gasteiger partial charge is 0.115 e. The molecule has 2 saturated heterocycles. The highest BCUT2D eigenvalue weighted by Crippen LogP contribution is 2.40. The standard InChI is InChI=1S/C17H20N4O/c1-2-13(9-18-5-1)10-21-7-4-14-8-16(22-17(14)11-21)15-3-6-19-12-20-15/h1-3,5-6,9,12,14,16-17H,4,7-8,10-11H2/t14-,16-,17+/m1/s1. The summed E-state index contributed by atoms with van der Waals surface area (Å²) in [5, 5.41) is 0. The summed E-state index contributed by atoms with van der Waals surface area (Å²) in [4.78, 5) is 15.0. The van der Waals surface area contributed by atoms with E-state index in [-0.39, 0.29) is 6.10 Å². The molecule has 114 valence electrons. The van der Waals surface area contributed by atoms with E-state index in [0.717, 1.165) is 31.7 Å². The van der Waals surface area contributed by atoms with Gasteiger partial charge in [-0.3, -0.25) is 9.88 Å². The monoisotopic (exact) mass is 296 g/mol. The van der Waals surface area contributed by atoms with Gasteiger partial charge in [0, 0.05) is 31.7 Å². The van der Waals surface area contributed by atoms with Gasteiger partial charge in [-0.25, -0.2) is 9.97 Å². The minimum absolute atomic E-state index is 0.136. The van der Waals surface area contributed by atoms with Crippen molar-refractivity contribution in [3.05, 3.63) is 54.4 Å². The Bertz CT molecular complexity index is 607. The number of likely N-dealkylation sites (tertiary alicyclic amines) is 1. The molecule has 0 saturated carbocycles. The van der Waals surface area contributed by atoms with E-state index in [4.69, 9.17) is 4.74 Å². The molecule has 0 N–H and O–H groups in total. The molecule has 0 bridgehead atoms. The number of nitrogens with zero attached hydrogens (tertiary/aromatic N) is 4. The Balaban J connectivity index is 1.39. The zero-order chi connectivity index (χ0) is 14.8. The van der Waals surface area contributed by atoms with Crippen molar-refractivity contribution < 1.29 is 4.74 Å². The zero-order valence-corrected chi connectivity index (χ0v) is 12.5. The van der Waals surface area contributed by atoms with Crippen molar-refractivity contribution in [2.75, 3.05) is 13.1 Å². The number of pyridine rings is 1. The van der Waals surface area contributed by atoms with Crippen LogP contribution in [0.15, 0.2) is 43.1 Å². The van der Waals surface area contributed by atoms with E-state index >= 15 is 0 Å². The Morgan fingerprint density at radius 3 is 3.05 bits per heavy atom. The van der Waals surface area contributed by atoms with E-state index in [2.05, 4.69) is 25.9 Å². The molecule has 0 radical (unpaired) electrons. The van der Waals surface area contributed by atoms with Crippen molar-refractivity contribution in [2.24, 2.45) is 5.92 Å². The molecule has 2 aromatic heterocycles. The molecule has 0 aliphatic carbocycles. The first-order valence-electron chi connectivity index (χ1n) is 7.91. The van der Waals surface area contributed by atoms with E-state index in [1.165, 1.54) is 12.0 Å². The number of aromatic nitrogens is 3. The van der Waals surface area contributed by atoms with Gasteiger partial charge < -0.3 is 4.74 Å². The van der Waals surface area contributed by atoms with Crippen molar-refractivity contribution in [3.63, 3.8) is 0 Å². The molecule has 0 unspecified atom stereocenters. The Morgan fingerprint density at radius 2 is 2.23 bits per heavy atom. The van der Waals surface area contributed by atoms with Crippen LogP contribution in [-0.2, 0) is 11.3 Å². The molecule has 3 atom stereocenters. The molecular formula is C17H20N4O. The summed E-state index contributed by atoms with van der Waals surface area (Å²) in [6.07, 6.45) is 9.92. The zero-order valence-electron chi connectivity index (χ0n) is 12.5. The van der Waals surface area contributed by atoms with Gasteiger partial charge in [0.25, 0.3) is 0 Å². The van der Waals surface area contributed by atoms with E-state index in [1.807, 2.05) is 24.5 Å². The van der Waals surface area contributed by atoms with Crippen LogP contribution in [0.5, 0.6) is 0 Å².